The van der Waals surface area contributed by atoms with Gasteiger partial charge in [-0.25, -0.2) is 4.98 Å². The number of thiazole rings is 1. The Morgan fingerprint density at radius 2 is 1.87 bits per heavy atom. The summed E-state index contributed by atoms with van der Waals surface area (Å²) >= 11 is 1.23. The Kier molecular flexibility index (Phi) is 6.93. The minimum Gasteiger partial charge on any atom is -0.503 e. The van der Waals surface area contributed by atoms with Gasteiger partial charge in [0.15, 0.2) is 5.76 Å². The number of aliphatic hydroxyl groups is 1. The summed E-state index contributed by atoms with van der Waals surface area (Å²) in [5.74, 6) is -0.740. The largest absolute Gasteiger partial charge is 0.503 e. The maximum Gasteiger partial charge on any atom is 0.290 e. The second kappa shape index (κ2) is 10.5. The Morgan fingerprint density at radius 3 is 2.55 bits per heavy atom. The van der Waals surface area contributed by atoms with Gasteiger partial charge in [0.1, 0.15) is 16.5 Å². The minimum absolute atomic E-state index is 0.0307. The number of hydrogen-bond acceptors (Lipinski definition) is 8. The van der Waals surface area contributed by atoms with Gasteiger partial charge in [-0.2, -0.15) is 0 Å². The molecule has 1 amide bonds. The predicted octanol–water partition coefficient (Wildman–Crippen LogP) is 5.31. The molecule has 8 nitrogen and oxygen atoms in total. The van der Waals surface area contributed by atoms with Crippen molar-refractivity contribution >= 4 is 23.0 Å². The normalized spacial score (nSPS) is 15.2. The predicted molar refractivity (Wildman–Crippen MR) is 143 cm³/mol. The molecule has 1 aliphatic rings. The summed E-state index contributed by atoms with van der Waals surface area (Å²) in [6.45, 7) is 1.87. The average molecular weight is 528 g/mol. The van der Waals surface area contributed by atoms with Crippen LogP contribution in [0.15, 0.2) is 84.4 Å². The minimum atomic E-state index is -0.929. The maximum absolute atomic E-state index is 14.1. The zero-order valence-corrected chi connectivity index (χ0v) is 21.9. The topological polar surface area (TPSA) is 102 Å². The Labute approximate surface area is 223 Å². The number of methoxy groups -OCH3 is 2. The SMILES string of the molecule is COc1ccc(OC)c(C2C(C(=O)c3sc(-c4ccccc4)nc3C)=C(O)C(=O)N2Cc2cccnc2)c1. The van der Waals surface area contributed by atoms with Crippen molar-refractivity contribution in [1.29, 1.82) is 0 Å². The molecule has 1 aliphatic heterocycles. The van der Waals surface area contributed by atoms with Crippen molar-refractivity contribution in [3.63, 3.8) is 0 Å². The van der Waals surface area contributed by atoms with Crippen LogP contribution in [0.3, 0.4) is 0 Å². The summed E-state index contributed by atoms with van der Waals surface area (Å²) in [6.07, 6.45) is 3.28. The highest BCUT2D eigenvalue weighted by molar-refractivity contribution is 7.17. The zero-order chi connectivity index (χ0) is 26.8. The fourth-order valence-corrected chi connectivity index (χ4v) is 5.57. The highest BCUT2D eigenvalue weighted by atomic mass is 32.1. The number of hydrogen-bond donors (Lipinski definition) is 1. The smallest absolute Gasteiger partial charge is 0.290 e. The summed E-state index contributed by atoms with van der Waals surface area (Å²) in [4.78, 5) is 38.1. The van der Waals surface area contributed by atoms with Crippen LogP contribution in [0.5, 0.6) is 11.5 Å². The van der Waals surface area contributed by atoms with E-state index in [-0.39, 0.29) is 12.1 Å². The molecule has 2 aromatic heterocycles. The molecule has 192 valence electrons. The first-order valence-electron chi connectivity index (χ1n) is 11.9. The van der Waals surface area contributed by atoms with Crippen molar-refractivity contribution in [2.24, 2.45) is 0 Å². The van der Waals surface area contributed by atoms with E-state index in [1.807, 2.05) is 36.4 Å². The van der Waals surface area contributed by atoms with Crippen LogP contribution in [0.25, 0.3) is 10.6 Å². The van der Waals surface area contributed by atoms with E-state index in [9.17, 15) is 14.7 Å². The van der Waals surface area contributed by atoms with Crippen molar-refractivity contribution < 1.29 is 24.2 Å². The first-order valence-corrected chi connectivity index (χ1v) is 12.7. The van der Waals surface area contributed by atoms with Gasteiger partial charge in [0, 0.05) is 30.1 Å². The average Bonchev–Trinajstić information content (AvgIpc) is 3.46. The number of ketones is 1. The van der Waals surface area contributed by atoms with Crippen molar-refractivity contribution in [2.45, 2.75) is 19.5 Å². The fraction of sp³-hybridized carbons (Fsp3) is 0.172. The number of aliphatic hydroxyl groups excluding tert-OH is 1. The molecular weight excluding hydrogens is 502 g/mol. The van der Waals surface area contributed by atoms with E-state index < -0.39 is 23.5 Å². The molecule has 9 heteroatoms. The lowest BCUT2D eigenvalue weighted by molar-refractivity contribution is -0.130. The van der Waals surface area contributed by atoms with E-state index in [1.165, 1.54) is 30.5 Å². The highest BCUT2D eigenvalue weighted by Gasteiger charge is 2.45. The Balaban J connectivity index is 1.64. The summed E-state index contributed by atoms with van der Waals surface area (Å²) < 4.78 is 11.0. The van der Waals surface area contributed by atoms with Crippen molar-refractivity contribution in [1.82, 2.24) is 14.9 Å². The number of aromatic nitrogens is 2. The standard InChI is InChI=1S/C29H25N3O5S/c1-17-27(38-28(31-17)19-9-5-4-6-10-19)25(33)23-24(21-14-20(36-2)11-12-22(21)37-3)32(29(35)26(23)34)16-18-8-7-13-30-15-18/h4-15,24,34H,16H2,1-3H3. The number of carbonyl (C=O) groups excluding carboxylic acids is 2. The van der Waals surface area contributed by atoms with Gasteiger partial charge in [-0.05, 0) is 36.8 Å². The van der Waals surface area contributed by atoms with E-state index in [0.29, 0.717) is 32.6 Å². The molecule has 3 heterocycles. The molecule has 0 spiro atoms. The fourth-order valence-electron chi connectivity index (χ4n) is 4.55. The lowest BCUT2D eigenvalue weighted by Crippen LogP contribution is -2.31. The number of amides is 1. The number of aryl methyl sites for hydroxylation is 1. The van der Waals surface area contributed by atoms with E-state index in [0.717, 1.165) is 11.1 Å². The summed E-state index contributed by atoms with van der Waals surface area (Å²) in [6, 6.07) is 17.4. The van der Waals surface area contributed by atoms with Crippen LogP contribution in [0.4, 0.5) is 0 Å². The van der Waals surface area contributed by atoms with Crippen LogP contribution in [0.1, 0.15) is 32.5 Å². The Morgan fingerprint density at radius 1 is 1.08 bits per heavy atom. The number of pyridine rings is 1. The third-order valence-electron chi connectivity index (χ3n) is 6.38. The van der Waals surface area contributed by atoms with Crippen LogP contribution in [0.2, 0.25) is 0 Å². The second-order valence-electron chi connectivity index (χ2n) is 8.70. The van der Waals surface area contributed by atoms with Gasteiger partial charge >= 0.3 is 0 Å². The number of benzene rings is 2. The summed E-state index contributed by atoms with van der Waals surface area (Å²) in [5, 5.41) is 11.8. The van der Waals surface area contributed by atoms with Gasteiger partial charge in [-0.1, -0.05) is 36.4 Å². The molecule has 2 aromatic carbocycles. The third kappa shape index (κ3) is 4.52. The van der Waals surface area contributed by atoms with Gasteiger partial charge in [0.2, 0.25) is 5.78 Å². The van der Waals surface area contributed by atoms with Crippen molar-refractivity contribution in [3.05, 3.63) is 106 Å². The van der Waals surface area contributed by atoms with Crippen molar-refractivity contribution in [3.8, 4) is 22.1 Å². The van der Waals surface area contributed by atoms with Crippen LogP contribution < -0.4 is 9.47 Å². The molecule has 0 fully saturated rings. The lowest BCUT2D eigenvalue weighted by Gasteiger charge is -2.28. The molecule has 0 saturated carbocycles. The van der Waals surface area contributed by atoms with Crippen LogP contribution in [-0.4, -0.2) is 45.9 Å². The number of ether oxygens (including phenoxy) is 2. The molecule has 1 unspecified atom stereocenters. The quantitative estimate of drug-likeness (QED) is 0.310. The number of carbonyl (C=O) groups is 2. The molecule has 0 bridgehead atoms. The molecule has 0 saturated heterocycles. The van der Waals surface area contributed by atoms with Gasteiger partial charge in [0.05, 0.1) is 36.4 Å². The molecular formula is C29H25N3O5S. The summed E-state index contributed by atoms with van der Waals surface area (Å²) in [7, 11) is 3.04. The molecule has 0 radical (unpaired) electrons. The van der Waals surface area contributed by atoms with Gasteiger partial charge < -0.3 is 19.5 Å². The first-order chi connectivity index (χ1) is 18.4. The Hall–Kier alpha value is -4.50. The first kappa shape index (κ1) is 25.2. The molecule has 5 rings (SSSR count). The Bertz CT molecular complexity index is 1530. The van der Waals surface area contributed by atoms with Crippen molar-refractivity contribution in [2.75, 3.05) is 14.2 Å². The van der Waals surface area contributed by atoms with E-state index in [4.69, 9.17) is 9.47 Å². The van der Waals surface area contributed by atoms with Gasteiger partial charge in [0.25, 0.3) is 5.91 Å². The molecule has 1 N–H and O–H groups in total. The molecule has 1 atom stereocenters. The number of Topliss-reactive ketones (excluding diaryl/α,β-unsaturated/α-hetero) is 1. The summed E-state index contributed by atoms with van der Waals surface area (Å²) in [5.41, 5.74) is 2.63. The van der Waals surface area contributed by atoms with Crippen LogP contribution in [0, 0.1) is 6.92 Å². The second-order valence-corrected chi connectivity index (χ2v) is 9.69. The molecule has 4 aromatic rings. The van der Waals surface area contributed by atoms with E-state index in [1.54, 1.807) is 43.6 Å². The third-order valence-corrected chi connectivity index (χ3v) is 7.58. The van der Waals surface area contributed by atoms with Crippen LogP contribution >= 0.6 is 11.3 Å². The van der Waals surface area contributed by atoms with Crippen LogP contribution in [-0.2, 0) is 11.3 Å². The van der Waals surface area contributed by atoms with E-state index >= 15 is 0 Å². The monoisotopic (exact) mass is 527 g/mol. The van der Waals surface area contributed by atoms with E-state index in [2.05, 4.69) is 9.97 Å². The lowest BCUT2D eigenvalue weighted by atomic mass is 9.94. The zero-order valence-electron chi connectivity index (χ0n) is 21.0. The van der Waals surface area contributed by atoms with Gasteiger partial charge in [-0.15, -0.1) is 11.3 Å². The highest BCUT2D eigenvalue weighted by Crippen LogP contribution is 2.45. The molecule has 0 aliphatic carbocycles. The molecule has 38 heavy (non-hydrogen) atoms. The number of rotatable bonds is 8. The van der Waals surface area contributed by atoms with Gasteiger partial charge in [-0.3, -0.25) is 14.6 Å². The maximum atomic E-state index is 14.1. The number of nitrogens with zero attached hydrogens (tertiary/aromatic N) is 3.